The van der Waals surface area contributed by atoms with Crippen LogP contribution in [-0.2, 0) is 0 Å². The molecule has 0 aliphatic carbocycles. The number of aromatic amines is 1. The first kappa shape index (κ1) is 12.7. The quantitative estimate of drug-likeness (QED) is 0.783. The van der Waals surface area contributed by atoms with E-state index in [1.54, 1.807) is 0 Å². The number of aryl methyl sites for hydroxylation is 1. The van der Waals surface area contributed by atoms with Gasteiger partial charge >= 0.3 is 0 Å². The summed E-state index contributed by atoms with van der Waals surface area (Å²) in [5.41, 5.74) is 5.60. The first-order valence-corrected chi connectivity index (χ1v) is 6.79. The summed E-state index contributed by atoms with van der Waals surface area (Å²) in [6.07, 6.45) is 5.62. The van der Waals surface area contributed by atoms with E-state index in [1.807, 2.05) is 18.7 Å². The number of hydrogen-bond donors (Lipinski definition) is 1. The summed E-state index contributed by atoms with van der Waals surface area (Å²) in [6.45, 7) is 6.39. The Morgan fingerprint density at radius 3 is 2.55 bits per heavy atom. The fourth-order valence-electron chi connectivity index (χ4n) is 2.35. The first-order chi connectivity index (χ1) is 9.66. The van der Waals surface area contributed by atoms with Crippen molar-refractivity contribution in [2.75, 3.05) is 0 Å². The maximum absolute atomic E-state index is 4.27. The number of aromatic nitrogens is 4. The summed E-state index contributed by atoms with van der Waals surface area (Å²) >= 11 is 0. The van der Waals surface area contributed by atoms with E-state index in [4.69, 9.17) is 0 Å². The molecule has 0 saturated carbocycles. The van der Waals surface area contributed by atoms with Crippen LogP contribution in [0.2, 0.25) is 0 Å². The van der Waals surface area contributed by atoms with Crippen molar-refractivity contribution in [3.63, 3.8) is 0 Å². The van der Waals surface area contributed by atoms with Gasteiger partial charge in [0.1, 0.15) is 0 Å². The third kappa shape index (κ3) is 2.13. The highest BCUT2D eigenvalue weighted by Gasteiger charge is 2.14. The third-order valence-corrected chi connectivity index (χ3v) is 3.48. The van der Waals surface area contributed by atoms with Gasteiger partial charge in [0.15, 0.2) is 0 Å². The number of hydrogen-bond acceptors (Lipinski definition) is 2. The lowest BCUT2D eigenvalue weighted by molar-refractivity contribution is 0.605. The SMILES string of the molecule is Cc1ccc(-c2[nH]ncc2-c2cncn2C(C)C)cc1. The van der Waals surface area contributed by atoms with Gasteiger partial charge in [-0.25, -0.2) is 4.98 Å². The largest absolute Gasteiger partial charge is 0.328 e. The van der Waals surface area contributed by atoms with E-state index in [-0.39, 0.29) is 0 Å². The zero-order valence-electron chi connectivity index (χ0n) is 12.0. The van der Waals surface area contributed by atoms with E-state index < -0.39 is 0 Å². The maximum atomic E-state index is 4.27. The summed E-state index contributed by atoms with van der Waals surface area (Å²) in [5.74, 6) is 0. The first-order valence-electron chi connectivity index (χ1n) is 6.79. The summed E-state index contributed by atoms with van der Waals surface area (Å²) in [4.78, 5) is 4.27. The van der Waals surface area contributed by atoms with Gasteiger partial charge in [-0.05, 0) is 20.8 Å². The van der Waals surface area contributed by atoms with Crippen LogP contribution >= 0.6 is 0 Å². The van der Waals surface area contributed by atoms with Gasteiger partial charge in [-0.1, -0.05) is 29.8 Å². The molecule has 0 fully saturated rings. The van der Waals surface area contributed by atoms with Crippen molar-refractivity contribution >= 4 is 0 Å². The second-order valence-corrected chi connectivity index (χ2v) is 5.30. The molecule has 0 amide bonds. The van der Waals surface area contributed by atoms with E-state index in [1.165, 1.54) is 5.56 Å². The van der Waals surface area contributed by atoms with E-state index in [0.29, 0.717) is 6.04 Å². The van der Waals surface area contributed by atoms with Crippen LogP contribution in [0.4, 0.5) is 0 Å². The monoisotopic (exact) mass is 266 g/mol. The highest BCUT2D eigenvalue weighted by atomic mass is 15.1. The Bertz CT molecular complexity index is 704. The highest BCUT2D eigenvalue weighted by Crippen LogP contribution is 2.31. The molecule has 1 aromatic carbocycles. The van der Waals surface area contributed by atoms with E-state index in [2.05, 4.69) is 64.8 Å². The predicted molar refractivity (Wildman–Crippen MR) is 80.4 cm³/mol. The van der Waals surface area contributed by atoms with Crippen molar-refractivity contribution < 1.29 is 0 Å². The average molecular weight is 266 g/mol. The Labute approximate surface area is 118 Å². The smallest absolute Gasteiger partial charge is 0.0953 e. The number of nitrogens with one attached hydrogen (secondary N) is 1. The molecular weight excluding hydrogens is 248 g/mol. The lowest BCUT2D eigenvalue weighted by atomic mass is 10.0. The van der Waals surface area contributed by atoms with Crippen LogP contribution in [0.1, 0.15) is 25.5 Å². The number of rotatable bonds is 3. The van der Waals surface area contributed by atoms with Gasteiger partial charge < -0.3 is 4.57 Å². The Hall–Kier alpha value is -2.36. The molecular formula is C16H18N4. The van der Waals surface area contributed by atoms with Gasteiger partial charge in [0.25, 0.3) is 0 Å². The van der Waals surface area contributed by atoms with Gasteiger partial charge in [-0.2, -0.15) is 5.10 Å². The molecule has 0 atom stereocenters. The molecule has 4 heteroatoms. The molecule has 0 aliphatic rings. The van der Waals surface area contributed by atoms with Gasteiger partial charge in [-0.3, -0.25) is 5.10 Å². The van der Waals surface area contributed by atoms with Gasteiger partial charge in [-0.15, -0.1) is 0 Å². The molecule has 0 unspecified atom stereocenters. The van der Waals surface area contributed by atoms with Crippen molar-refractivity contribution in [2.45, 2.75) is 26.8 Å². The standard InChI is InChI=1S/C16H18N4/c1-11(2)20-10-17-9-15(20)14-8-18-19-16(14)13-6-4-12(3)5-7-13/h4-11H,1-3H3,(H,18,19). The number of imidazole rings is 1. The van der Waals surface area contributed by atoms with Gasteiger partial charge in [0.05, 0.1) is 30.1 Å². The minimum absolute atomic E-state index is 0.369. The Kier molecular flexibility index (Phi) is 3.14. The molecule has 2 heterocycles. The van der Waals surface area contributed by atoms with Crippen molar-refractivity contribution in [2.24, 2.45) is 0 Å². The van der Waals surface area contributed by atoms with Crippen LogP contribution in [0.15, 0.2) is 43.0 Å². The predicted octanol–water partition coefficient (Wildman–Crippen LogP) is 3.83. The fraction of sp³-hybridized carbons (Fsp3) is 0.250. The van der Waals surface area contributed by atoms with Crippen molar-refractivity contribution in [3.05, 3.63) is 48.5 Å². The van der Waals surface area contributed by atoms with Crippen LogP contribution in [0.3, 0.4) is 0 Å². The van der Waals surface area contributed by atoms with Crippen LogP contribution in [0.25, 0.3) is 22.5 Å². The molecule has 1 N–H and O–H groups in total. The number of nitrogens with zero attached hydrogens (tertiary/aromatic N) is 3. The molecule has 2 aromatic heterocycles. The Morgan fingerprint density at radius 1 is 1.10 bits per heavy atom. The van der Waals surface area contributed by atoms with Gasteiger partial charge in [0, 0.05) is 17.2 Å². The lowest BCUT2D eigenvalue weighted by Crippen LogP contribution is -2.01. The Balaban J connectivity index is 2.10. The molecule has 0 radical (unpaired) electrons. The zero-order valence-corrected chi connectivity index (χ0v) is 12.0. The minimum Gasteiger partial charge on any atom is -0.328 e. The van der Waals surface area contributed by atoms with Crippen LogP contribution in [0.5, 0.6) is 0 Å². The van der Waals surface area contributed by atoms with Crippen molar-refractivity contribution in [1.82, 2.24) is 19.7 Å². The minimum atomic E-state index is 0.369. The third-order valence-electron chi connectivity index (χ3n) is 3.48. The molecule has 3 aromatic rings. The zero-order chi connectivity index (χ0) is 14.1. The second kappa shape index (κ2) is 4.96. The lowest BCUT2D eigenvalue weighted by Gasteiger charge is -2.11. The van der Waals surface area contributed by atoms with Crippen LogP contribution in [-0.4, -0.2) is 19.7 Å². The molecule has 0 bridgehead atoms. The summed E-state index contributed by atoms with van der Waals surface area (Å²) in [7, 11) is 0. The molecule has 0 spiro atoms. The average Bonchev–Trinajstić information content (AvgIpc) is 3.07. The van der Waals surface area contributed by atoms with Crippen LogP contribution < -0.4 is 0 Å². The molecule has 3 rings (SSSR count). The molecule has 0 saturated heterocycles. The molecule has 4 nitrogen and oxygen atoms in total. The molecule has 20 heavy (non-hydrogen) atoms. The molecule has 0 aliphatic heterocycles. The van der Waals surface area contributed by atoms with E-state index in [9.17, 15) is 0 Å². The summed E-state index contributed by atoms with van der Waals surface area (Å²) in [5, 5.41) is 7.32. The van der Waals surface area contributed by atoms with E-state index >= 15 is 0 Å². The Morgan fingerprint density at radius 2 is 1.85 bits per heavy atom. The van der Waals surface area contributed by atoms with Crippen LogP contribution in [0, 0.1) is 6.92 Å². The maximum Gasteiger partial charge on any atom is 0.0953 e. The number of H-pyrrole nitrogens is 1. The second-order valence-electron chi connectivity index (χ2n) is 5.30. The fourth-order valence-corrected chi connectivity index (χ4v) is 2.35. The summed E-state index contributed by atoms with van der Waals surface area (Å²) in [6, 6.07) is 8.82. The van der Waals surface area contributed by atoms with E-state index in [0.717, 1.165) is 22.5 Å². The van der Waals surface area contributed by atoms with Crippen molar-refractivity contribution in [1.29, 1.82) is 0 Å². The van der Waals surface area contributed by atoms with Crippen molar-refractivity contribution in [3.8, 4) is 22.5 Å². The highest BCUT2D eigenvalue weighted by molar-refractivity contribution is 5.78. The summed E-state index contributed by atoms with van der Waals surface area (Å²) < 4.78 is 2.16. The topological polar surface area (TPSA) is 46.5 Å². The normalized spacial score (nSPS) is 11.2. The molecule has 102 valence electrons. The number of benzene rings is 1. The van der Waals surface area contributed by atoms with Gasteiger partial charge in [0.2, 0.25) is 0 Å².